The van der Waals surface area contributed by atoms with Crippen LogP contribution in [0, 0.1) is 11.8 Å². The molecule has 5 rings (SSSR count). The zero-order valence-electron chi connectivity index (χ0n) is 19.4. The van der Waals surface area contributed by atoms with Crippen LogP contribution >= 0.6 is 92.8 Å². The number of halogens is 8. The molecule has 2 aromatic rings. The number of rotatable bonds is 5. The number of allylic oxidation sites excluding steroid dienone is 2. The number of alkyl halides is 4. The molecule has 39 heavy (non-hydrogen) atoms. The van der Waals surface area contributed by atoms with Gasteiger partial charge >= 0.3 is 0 Å². The van der Waals surface area contributed by atoms with Crippen LogP contribution in [-0.2, 0) is 9.59 Å². The highest BCUT2D eigenvalue weighted by Gasteiger charge is 2.88. The molecule has 3 amide bonds. The number of fused-ring (bicyclic) bond motifs is 5. The number of carbonyl (C=O) groups excluding carboxylic acids is 4. The summed E-state index contributed by atoms with van der Waals surface area (Å²) in [4.78, 5) is 51.3. The van der Waals surface area contributed by atoms with E-state index in [0.29, 0.717) is 5.01 Å². The van der Waals surface area contributed by atoms with Gasteiger partial charge in [0.2, 0.25) is 0 Å². The summed E-state index contributed by atoms with van der Waals surface area (Å²) in [7, 11) is 0. The Morgan fingerprint density at radius 2 is 1.36 bits per heavy atom. The molecule has 0 N–H and O–H groups in total. The molecule has 6 nitrogen and oxygen atoms in total. The molecule has 0 aromatic heterocycles. The lowest BCUT2D eigenvalue weighted by atomic mass is 9.84. The van der Waals surface area contributed by atoms with Gasteiger partial charge in [0.05, 0.1) is 32.5 Å². The average molecular weight is 690 g/mol. The van der Waals surface area contributed by atoms with E-state index >= 15 is 0 Å². The monoisotopic (exact) mass is 686 g/mol. The fourth-order valence-corrected chi connectivity index (χ4v) is 8.79. The van der Waals surface area contributed by atoms with Crippen molar-refractivity contribution in [2.75, 3.05) is 0 Å². The van der Waals surface area contributed by atoms with Crippen LogP contribution in [0.1, 0.15) is 27.6 Å². The summed E-state index contributed by atoms with van der Waals surface area (Å²) in [5.74, 6) is -6.53. The fourth-order valence-electron chi connectivity index (χ4n) is 5.37. The van der Waals surface area contributed by atoms with E-state index in [4.69, 9.17) is 92.8 Å². The zero-order valence-corrected chi connectivity index (χ0v) is 25.4. The number of benzene rings is 2. The molecule has 1 saturated heterocycles. The van der Waals surface area contributed by atoms with Gasteiger partial charge in [-0.25, -0.2) is 5.01 Å². The molecule has 2 aromatic carbocycles. The Labute approximate surface area is 262 Å². The lowest BCUT2D eigenvalue weighted by Gasteiger charge is -2.38. The van der Waals surface area contributed by atoms with E-state index in [9.17, 15) is 19.2 Å². The summed E-state index contributed by atoms with van der Waals surface area (Å²) < 4.78 is -2.16. The second-order valence-corrected chi connectivity index (χ2v) is 13.4. The first-order valence-electron chi connectivity index (χ1n) is 11.2. The topological polar surface area (TPSA) is 74.8 Å². The number of hydrogen-bond donors (Lipinski definition) is 0. The SMILES string of the molecule is C[C@H](C(=O)c1ccccc1)N(C(=O)c1ccc(Cl)cc1Cl)N1C(=O)[C@@H]2[C@@H](C1=O)[C@@]1(Cl)C(Cl)=C(Cl)[C@@]2(Cl)C1(Cl)Cl. The zero-order chi connectivity index (χ0) is 28.8. The van der Waals surface area contributed by atoms with Crippen LogP contribution in [-0.4, -0.2) is 53.6 Å². The maximum Gasteiger partial charge on any atom is 0.275 e. The van der Waals surface area contributed by atoms with E-state index in [0.717, 1.165) is 5.01 Å². The maximum absolute atomic E-state index is 14.0. The van der Waals surface area contributed by atoms with Crippen molar-refractivity contribution in [1.82, 2.24) is 10.0 Å². The largest absolute Gasteiger partial charge is 0.292 e. The molecule has 5 atom stereocenters. The Morgan fingerprint density at radius 3 is 1.85 bits per heavy atom. The van der Waals surface area contributed by atoms with Crippen LogP contribution in [0.25, 0.3) is 0 Å². The van der Waals surface area contributed by atoms with Gasteiger partial charge in [-0.2, -0.15) is 5.01 Å². The molecule has 1 aliphatic heterocycles. The summed E-state index contributed by atoms with van der Waals surface area (Å²) in [6.45, 7) is 1.36. The van der Waals surface area contributed by atoms with Crippen molar-refractivity contribution in [3.63, 3.8) is 0 Å². The fraction of sp³-hybridized carbons (Fsp3) is 0.280. The third-order valence-corrected chi connectivity index (χ3v) is 12.1. The number of imide groups is 1. The van der Waals surface area contributed by atoms with Gasteiger partial charge in [0.1, 0.15) is 15.8 Å². The molecule has 204 valence electrons. The quantitative estimate of drug-likeness (QED) is 0.191. The van der Waals surface area contributed by atoms with Gasteiger partial charge in [-0.3, -0.25) is 19.2 Å². The number of carbonyl (C=O) groups is 4. The Hall–Kier alpha value is -1.22. The molecular weight excluding hydrogens is 676 g/mol. The van der Waals surface area contributed by atoms with Crippen LogP contribution in [0.15, 0.2) is 58.6 Å². The number of Topliss-reactive ketones (excluding diaryl/α,β-unsaturated/α-hetero) is 1. The second-order valence-electron chi connectivity index (χ2n) is 9.25. The number of amides is 3. The molecule has 2 aliphatic carbocycles. The van der Waals surface area contributed by atoms with Crippen molar-refractivity contribution >= 4 is 116 Å². The standard InChI is InChI=1S/C25H14Cl8N2O4/c1-10(17(36)11-5-3-2-4-6-11)34(20(37)13-8-7-12(26)9-14(13)27)35-21(38)15-16(22(35)39)24(31)19(29)18(28)23(15,30)25(24,32)33/h2-10,15-16H,1H3/t10-,15+,16+,23-,24-/m1/s1. The van der Waals surface area contributed by atoms with Crippen LogP contribution in [0.2, 0.25) is 10.0 Å². The molecule has 0 radical (unpaired) electrons. The van der Waals surface area contributed by atoms with Crippen molar-refractivity contribution in [1.29, 1.82) is 0 Å². The smallest absolute Gasteiger partial charge is 0.275 e. The first-order chi connectivity index (χ1) is 18.1. The lowest BCUT2D eigenvalue weighted by molar-refractivity contribution is -0.157. The number of hydrazine groups is 1. The Morgan fingerprint density at radius 1 is 0.846 bits per heavy atom. The summed E-state index contributed by atoms with van der Waals surface area (Å²) in [5.41, 5.74) is 0.0917. The number of ketones is 1. The number of nitrogens with zero attached hydrogens (tertiary/aromatic N) is 2. The third kappa shape index (κ3) is 3.69. The molecule has 2 bridgehead atoms. The van der Waals surface area contributed by atoms with Gasteiger partial charge in [0, 0.05) is 10.6 Å². The lowest BCUT2D eigenvalue weighted by Crippen LogP contribution is -2.59. The minimum atomic E-state index is -2.16. The van der Waals surface area contributed by atoms with Crippen LogP contribution in [0.3, 0.4) is 0 Å². The van der Waals surface area contributed by atoms with Crippen LogP contribution in [0.5, 0.6) is 0 Å². The van der Waals surface area contributed by atoms with E-state index in [1.54, 1.807) is 18.2 Å². The van der Waals surface area contributed by atoms with Crippen molar-refractivity contribution in [2.45, 2.75) is 27.0 Å². The molecule has 3 aliphatic rings. The molecule has 0 spiro atoms. The first-order valence-corrected chi connectivity index (χ1v) is 14.2. The minimum Gasteiger partial charge on any atom is -0.292 e. The van der Waals surface area contributed by atoms with Crippen LogP contribution in [0.4, 0.5) is 0 Å². The first kappa shape index (κ1) is 29.3. The summed E-state index contributed by atoms with van der Waals surface area (Å²) in [6, 6.07) is 10.6. The van der Waals surface area contributed by atoms with E-state index < -0.39 is 55.5 Å². The highest BCUT2D eigenvalue weighted by molar-refractivity contribution is 6.66. The van der Waals surface area contributed by atoms with Gasteiger partial charge in [0.25, 0.3) is 17.7 Å². The predicted octanol–water partition coefficient (Wildman–Crippen LogP) is 7.07. The minimum absolute atomic E-state index is 0.0767. The molecule has 1 heterocycles. The summed E-state index contributed by atoms with van der Waals surface area (Å²) in [6.07, 6.45) is 0. The normalized spacial score (nSPS) is 29.6. The Kier molecular flexibility index (Phi) is 7.26. The van der Waals surface area contributed by atoms with Gasteiger partial charge < -0.3 is 0 Å². The van der Waals surface area contributed by atoms with Gasteiger partial charge in [0.15, 0.2) is 10.1 Å². The molecule has 14 heteroatoms. The molecule has 2 fully saturated rings. The van der Waals surface area contributed by atoms with Crippen molar-refractivity contribution in [2.24, 2.45) is 11.8 Å². The maximum atomic E-state index is 14.0. The number of hydrogen-bond acceptors (Lipinski definition) is 4. The summed E-state index contributed by atoms with van der Waals surface area (Å²) >= 11 is 51.8. The van der Waals surface area contributed by atoms with Gasteiger partial charge in [-0.1, -0.05) is 99.9 Å². The van der Waals surface area contributed by atoms with E-state index in [2.05, 4.69) is 0 Å². The van der Waals surface area contributed by atoms with Crippen molar-refractivity contribution in [3.8, 4) is 0 Å². The predicted molar refractivity (Wildman–Crippen MR) is 152 cm³/mol. The Bertz CT molecular complexity index is 1450. The van der Waals surface area contributed by atoms with Gasteiger partial charge in [-0.15, -0.1) is 23.2 Å². The second kappa shape index (κ2) is 9.67. The summed E-state index contributed by atoms with van der Waals surface area (Å²) in [5, 5.41) is 0.834. The Balaban J connectivity index is 1.66. The van der Waals surface area contributed by atoms with Gasteiger partial charge in [-0.05, 0) is 25.1 Å². The van der Waals surface area contributed by atoms with Crippen molar-refractivity contribution in [3.05, 3.63) is 79.8 Å². The average Bonchev–Trinajstić information content (AvgIpc) is 3.27. The molecular formula is C25H14Cl8N2O4. The highest BCUT2D eigenvalue weighted by Crippen LogP contribution is 2.77. The van der Waals surface area contributed by atoms with E-state index in [1.165, 1.54) is 37.3 Å². The molecule has 0 unspecified atom stereocenters. The van der Waals surface area contributed by atoms with Crippen LogP contribution < -0.4 is 0 Å². The van der Waals surface area contributed by atoms with E-state index in [1.807, 2.05) is 0 Å². The van der Waals surface area contributed by atoms with E-state index in [-0.39, 0.29) is 31.2 Å². The highest BCUT2D eigenvalue weighted by atomic mass is 35.5. The third-order valence-electron chi connectivity index (χ3n) is 7.28. The molecule has 1 saturated carbocycles. The van der Waals surface area contributed by atoms with Crippen molar-refractivity contribution < 1.29 is 19.2 Å².